The predicted molar refractivity (Wildman–Crippen MR) is 80.7 cm³/mol. The van der Waals surface area contributed by atoms with Gasteiger partial charge in [0.2, 0.25) is 0 Å². The summed E-state index contributed by atoms with van der Waals surface area (Å²) in [7, 11) is 0. The number of benzene rings is 1. The number of imidazole rings is 1. The second-order valence-electron chi connectivity index (χ2n) is 6.14. The molecule has 1 saturated carbocycles. The third-order valence-corrected chi connectivity index (χ3v) is 4.43. The maximum atomic E-state index is 13.6. The van der Waals surface area contributed by atoms with Crippen molar-refractivity contribution in [2.24, 2.45) is 0 Å². The summed E-state index contributed by atoms with van der Waals surface area (Å²) in [4.78, 5) is 7.23. The molecule has 5 heteroatoms. The summed E-state index contributed by atoms with van der Waals surface area (Å²) in [5.41, 5.74) is 1.88. The summed E-state index contributed by atoms with van der Waals surface area (Å²) in [6.07, 6.45) is 3.56. The van der Waals surface area contributed by atoms with E-state index >= 15 is 0 Å². The molecular weight excluding hydrogens is 267 g/mol. The third-order valence-electron chi connectivity index (χ3n) is 4.43. The molecule has 2 aromatic rings. The largest absolute Gasteiger partial charge is 0.324 e. The standard InChI is InChI=1S/C16H21FN4/c17-12-2-5-14-15(10-12)21(13-3-4-13)16(19-14)11-20-8-1-6-18-7-9-20/h2,5,10,13,18H,1,3-4,6-9,11H2. The van der Waals surface area contributed by atoms with Crippen LogP contribution in [0.25, 0.3) is 11.0 Å². The lowest BCUT2D eigenvalue weighted by Crippen LogP contribution is -2.29. The normalized spacial score (nSPS) is 20.8. The molecule has 112 valence electrons. The fraction of sp³-hybridized carbons (Fsp3) is 0.562. The number of hydrogen-bond acceptors (Lipinski definition) is 3. The molecule has 0 radical (unpaired) electrons. The van der Waals surface area contributed by atoms with Gasteiger partial charge >= 0.3 is 0 Å². The SMILES string of the molecule is Fc1ccc2nc(CN3CCCNCC3)n(C3CC3)c2c1. The van der Waals surface area contributed by atoms with Crippen LogP contribution in [0, 0.1) is 5.82 Å². The van der Waals surface area contributed by atoms with Gasteiger partial charge in [-0.05, 0) is 50.6 Å². The highest BCUT2D eigenvalue weighted by Gasteiger charge is 2.29. The molecule has 1 aliphatic heterocycles. The van der Waals surface area contributed by atoms with Crippen molar-refractivity contribution in [3.63, 3.8) is 0 Å². The lowest BCUT2D eigenvalue weighted by atomic mass is 10.3. The molecular formula is C16H21FN4. The van der Waals surface area contributed by atoms with Crippen molar-refractivity contribution in [3.8, 4) is 0 Å². The van der Waals surface area contributed by atoms with Crippen LogP contribution in [0.1, 0.15) is 31.1 Å². The van der Waals surface area contributed by atoms with Crippen LogP contribution >= 0.6 is 0 Å². The van der Waals surface area contributed by atoms with Crippen molar-refractivity contribution in [3.05, 3.63) is 29.8 Å². The number of aromatic nitrogens is 2. The third kappa shape index (κ3) is 2.68. The van der Waals surface area contributed by atoms with Crippen molar-refractivity contribution in [2.75, 3.05) is 26.2 Å². The highest BCUT2D eigenvalue weighted by Crippen LogP contribution is 2.39. The Morgan fingerprint density at radius 1 is 1.24 bits per heavy atom. The fourth-order valence-corrected chi connectivity index (χ4v) is 3.23. The average Bonchev–Trinajstić information content (AvgIpc) is 3.27. The van der Waals surface area contributed by atoms with Gasteiger partial charge in [-0.1, -0.05) is 0 Å². The van der Waals surface area contributed by atoms with E-state index in [1.165, 1.54) is 25.3 Å². The summed E-state index contributed by atoms with van der Waals surface area (Å²) in [5.74, 6) is 0.926. The molecule has 1 aliphatic carbocycles. The monoisotopic (exact) mass is 288 g/mol. The lowest BCUT2D eigenvalue weighted by molar-refractivity contribution is 0.273. The average molecular weight is 288 g/mol. The summed E-state index contributed by atoms with van der Waals surface area (Å²) in [5, 5.41) is 3.43. The minimum atomic E-state index is -0.171. The molecule has 4 nitrogen and oxygen atoms in total. The molecule has 1 N–H and O–H groups in total. The predicted octanol–water partition coefficient (Wildman–Crippen LogP) is 2.31. The molecule has 0 spiro atoms. The molecule has 1 saturated heterocycles. The van der Waals surface area contributed by atoms with Crippen LogP contribution in [0.15, 0.2) is 18.2 Å². The summed E-state index contributed by atoms with van der Waals surface area (Å²) >= 11 is 0. The van der Waals surface area contributed by atoms with Crippen molar-refractivity contribution >= 4 is 11.0 Å². The Bertz CT molecular complexity index is 639. The van der Waals surface area contributed by atoms with Gasteiger partial charge in [-0.15, -0.1) is 0 Å². The minimum Gasteiger partial charge on any atom is -0.324 e. The van der Waals surface area contributed by atoms with E-state index in [-0.39, 0.29) is 5.82 Å². The smallest absolute Gasteiger partial charge is 0.125 e. The molecule has 0 bridgehead atoms. The Morgan fingerprint density at radius 3 is 3.00 bits per heavy atom. The van der Waals surface area contributed by atoms with Gasteiger partial charge in [0.1, 0.15) is 11.6 Å². The van der Waals surface area contributed by atoms with Crippen LogP contribution < -0.4 is 5.32 Å². The summed E-state index contributed by atoms with van der Waals surface area (Å²) < 4.78 is 15.8. The molecule has 2 heterocycles. The number of fused-ring (bicyclic) bond motifs is 1. The van der Waals surface area contributed by atoms with E-state index in [4.69, 9.17) is 4.98 Å². The van der Waals surface area contributed by atoms with E-state index < -0.39 is 0 Å². The van der Waals surface area contributed by atoms with Crippen LogP contribution in [-0.4, -0.2) is 40.6 Å². The topological polar surface area (TPSA) is 33.1 Å². The molecule has 21 heavy (non-hydrogen) atoms. The van der Waals surface area contributed by atoms with Gasteiger partial charge in [0.25, 0.3) is 0 Å². The molecule has 0 atom stereocenters. The first-order valence-electron chi connectivity index (χ1n) is 7.91. The molecule has 1 aromatic heterocycles. The summed E-state index contributed by atoms with van der Waals surface area (Å²) in [6, 6.07) is 5.47. The van der Waals surface area contributed by atoms with Crippen molar-refractivity contribution in [1.82, 2.24) is 19.8 Å². The lowest BCUT2D eigenvalue weighted by Gasteiger charge is -2.19. The van der Waals surface area contributed by atoms with E-state index in [9.17, 15) is 4.39 Å². The number of rotatable bonds is 3. The molecule has 2 fully saturated rings. The van der Waals surface area contributed by atoms with Crippen molar-refractivity contribution < 1.29 is 4.39 Å². The Hall–Kier alpha value is -1.46. The van der Waals surface area contributed by atoms with Crippen LogP contribution in [0.2, 0.25) is 0 Å². The Morgan fingerprint density at radius 2 is 2.14 bits per heavy atom. The van der Waals surface area contributed by atoms with Gasteiger partial charge in [0.05, 0.1) is 17.6 Å². The summed E-state index contributed by atoms with van der Waals surface area (Å²) in [6.45, 7) is 5.17. The van der Waals surface area contributed by atoms with Crippen LogP contribution in [-0.2, 0) is 6.54 Å². The maximum Gasteiger partial charge on any atom is 0.125 e. The van der Waals surface area contributed by atoms with Crippen LogP contribution in [0.5, 0.6) is 0 Å². The van der Waals surface area contributed by atoms with Crippen molar-refractivity contribution in [1.29, 1.82) is 0 Å². The number of nitrogens with zero attached hydrogens (tertiary/aromatic N) is 3. The highest BCUT2D eigenvalue weighted by molar-refractivity contribution is 5.76. The molecule has 0 amide bonds. The van der Waals surface area contributed by atoms with Gasteiger partial charge in [-0.25, -0.2) is 9.37 Å². The maximum absolute atomic E-state index is 13.6. The Labute approximate surface area is 123 Å². The molecule has 0 unspecified atom stereocenters. The van der Waals surface area contributed by atoms with Crippen LogP contribution in [0.4, 0.5) is 4.39 Å². The first-order chi connectivity index (χ1) is 10.3. The first-order valence-corrected chi connectivity index (χ1v) is 7.91. The van der Waals surface area contributed by atoms with Gasteiger partial charge in [-0.3, -0.25) is 4.90 Å². The minimum absolute atomic E-state index is 0.171. The van der Waals surface area contributed by atoms with Gasteiger partial charge < -0.3 is 9.88 Å². The zero-order valence-electron chi connectivity index (χ0n) is 12.2. The van der Waals surface area contributed by atoms with E-state index in [1.54, 1.807) is 12.1 Å². The molecule has 2 aliphatic rings. The number of nitrogens with one attached hydrogen (secondary N) is 1. The number of hydrogen-bond donors (Lipinski definition) is 1. The van der Waals surface area contributed by atoms with Gasteiger partial charge in [0, 0.05) is 19.1 Å². The highest BCUT2D eigenvalue weighted by atomic mass is 19.1. The van der Waals surface area contributed by atoms with E-state index in [0.717, 1.165) is 49.6 Å². The van der Waals surface area contributed by atoms with E-state index in [2.05, 4.69) is 14.8 Å². The Kier molecular flexibility index (Phi) is 3.39. The molecule has 1 aromatic carbocycles. The first kappa shape index (κ1) is 13.2. The Balaban J connectivity index is 1.68. The molecule has 4 rings (SSSR count). The van der Waals surface area contributed by atoms with Crippen LogP contribution in [0.3, 0.4) is 0 Å². The zero-order chi connectivity index (χ0) is 14.2. The van der Waals surface area contributed by atoms with E-state index in [0.29, 0.717) is 6.04 Å². The quantitative estimate of drug-likeness (QED) is 0.941. The van der Waals surface area contributed by atoms with E-state index in [1.807, 2.05) is 0 Å². The van der Waals surface area contributed by atoms with Crippen molar-refractivity contribution in [2.45, 2.75) is 31.8 Å². The fourth-order valence-electron chi connectivity index (χ4n) is 3.23. The van der Waals surface area contributed by atoms with Gasteiger partial charge in [-0.2, -0.15) is 0 Å². The second kappa shape index (κ2) is 5.39. The second-order valence-corrected chi connectivity index (χ2v) is 6.14. The zero-order valence-corrected chi connectivity index (χ0v) is 12.2. The van der Waals surface area contributed by atoms with Gasteiger partial charge in [0.15, 0.2) is 0 Å². The number of halogens is 1.